The minimum atomic E-state index is -0.920. The van der Waals surface area contributed by atoms with Gasteiger partial charge in [-0.05, 0) is 23.8 Å². The maximum atomic E-state index is 13.0. The monoisotopic (exact) mass is 383 g/mol. The fourth-order valence-corrected chi connectivity index (χ4v) is 3.14. The zero-order chi connectivity index (χ0) is 20.2. The van der Waals surface area contributed by atoms with Gasteiger partial charge in [0.2, 0.25) is 0 Å². The Hall–Kier alpha value is -4.19. The maximum Gasteiger partial charge on any atom is 0.310 e. The lowest BCUT2D eigenvalue weighted by atomic mass is 10.0. The zero-order valence-electron chi connectivity index (χ0n) is 15.3. The van der Waals surface area contributed by atoms with Crippen molar-refractivity contribution in [2.45, 2.75) is 0 Å². The minimum Gasteiger partial charge on any atom is -0.354 e. The van der Waals surface area contributed by atoms with Crippen LogP contribution in [0.4, 0.5) is 0 Å². The van der Waals surface area contributed by atoms with Crippen LogP contribution in [0.1, 0.15) is 20.7 Å². The highest BCUT2D eigenvalue weighted by molar-refractivity contribution is 6.46. The Kier molecular flexibility index (Phi) is 4.90. The van der Waals surface area contributed by atoms with Crippen LogP contribution in [0.3, 0.4) is 0 Å². The van der Waals surface area contributed by atoms with Gasteiger partial charge in [0.05, 0.1) is 11.3 Å². The molecule has 1 heterocycles. The average molecular weight is 383 g/mol. The van der Waals surface area contributed by atoms with E-state index in [4.69, 9.17) is 0 Å². The number of H-pyrrole nitrogens is 1. The molecule has 29 heavy (non-hydrogen) atoms. The Balaban J connectivity index is 1.62. The SMILES string of the molecule is O=C(NNC(=O)c1ccccc1)C(=O)c1c(-c2ccccc2)[nH]c2ccccc12. The molecule has 0 radical (unpaired) electrons. The average Bonchev–Trinajstić information content (AvgIpc) is 3.17. The van der Waals surface area contributed by atoms with E-state index in [1.165, 1.54) is 0 Å². The van der Waals surface area contributed by atoms with Crippen molar-refractivity contribution < 1.29 is 14.4 Å². The second-order valence-corrected chi connectivity index (χ2v) is 6.39. The number of benzene rings is 3. The van der Waals surface area contributed by atoms with Crippen LogP contribution in [0.5, 0.6) is 0 Å². The van der Waals surface area contributed by atoms with Crippen LogP contribution in [0.25, 0.3) is 22.2 Å². The Bertz CT molecular complexity index is 1200. The third kappa shape index (κ3) is 3.64. The van der Waals surface area contributed by atoms with Gasteiger partial charge in [0.25, 0.3) is 11.7 Å². The predicted octanol–water partition coefficient (Wildman–Crippen LogP) is 3.48. The number of nitrogens with one attached hydrogen (secondary N) is 3. The summed E-state index contributed by atoms with van der Waals surface area (Å²) in [4.78, 5) is 40.8. The molecule has 0 spiro atoms. The van der Waals surface area contributed by atoms with Crippen LogP contribution in [0.2, 0.25) is 0 Å². The summed E-state index contributed by atoms with van der Waals surface area (Å²) in [7, 11) is 0. The number of Topliss-reactive ketones (excluding diaryl/α,β-unsaturated/α-hetero) is 1. The van der Waals surface area contributed by atoms with Gasteiger partial charge in [-0.2, -0.15) is 0 Å². The Labute approximate surface area is 166 Å². The number of hydrogen-bond acceptors (Lipinski definition) is 3. The van der Waals surface area contributed by atoms with Crippen LogP contribution < -0.4 is 10.9 Å². The van der Waals surface area contributed by atoms with Gasteiger partial charge in [0, 0.05) is 16.5 Å². The molecule has 0 bridgehead atoms. The first kappa shape index (κ1) is 18.2. The molecule has 0 atom stereocenters. The van der Waals surface area contributed by atoms with Gasteiger partial charge in [0.1, 0.15) is 0 Å². The van der Waals surface area contributed by atoms with Gasteiger partial charge in [-0.1, -0.05) is 66.7 Å². The first-order valence-corrected chi connectivity index (χ1v) is 9.01. The molecule has 0 fully saturated rings. The van der Waals surface area contributed by atoms with Crippen molar-refractivity contribution in [1.29, 1.82) is 0 Å². The number of carbonyl (C=O) groups excluding carboxylic acids is 3. The molecular weight excluding hydrogens is 366 g/mol. The molecule has 1 aromatic heterocycles. The molecule has 0 saturated carbocycles. The van der Waals surface area contributed by atoms with Crippen LogP contribution >= 0.6 is 0 Å². The topological polar surface area (TPSA) is 91.1 Å². The van der Waals surface area contributed by atoms with E-state index in [1.54, 1.807) is 42.5 Å². The number of hydrazine groups is 1. The van der Waals surface area contributed by atoms with Gasteiger partial charge < -0.3 is 4.98 Å². The zero-order valence-corrected chi connectivity index (χ0v) is 15.3. The molecule has 2 amide bonds. The summed E-state index contributed by atoms with van der Waals surface area (Å²) in [5.41, 5.74) is 7.21. The highest BCUT2D eigenvalue weighted by atomic mass is 16.2. The second kappa shape index (κ2) is 7.82. The number of aromatic nitrogens is 1. The van der Waals surface area contributed by atoms with E-state index in [-0.39, 0.29) is 5.56 Å². The van der Waals surface area contributed by atoms with E-state index in [0.29, 0.717) is 16.6 Å². The minimum absolute atomic E-state index is 0.262. The molecule has 0 unspecified atom stereocenters. The lowest BCUT2D eigenvalue weighted by Gasteiger charge is -2.08. The third-order valence-electron chi connectivity index (χ3n) is 4.53. The Morgan fingerprint density at radius 1 is 0.690 bits per heavy atom. The van der Waals surface area contributed by atoms with E-state index >= 15 is 0 Å². The van der Waals surface area contributed by atoms with E-state index in [9.17, 15) is 14.4 Å². The second-order valence-electron chi connectivity index (χ2n) is 6.39. The summed E-state index contributed by atoms with van der Waals surface area (Å²) in [5.74, 6) is -2.17. The molecule has 4 rings (SSSR count). The number of ketones is 1. The van der Waals surface area contributed by atoms with E-state index in [2.05, 4.69) is 15.8 Å². The molecule has 0 aliphatic rings. The Morgan fingerprint density at radius 2 is 1.31 bits per heavy atom. The fourth-order valence-electron chi connectivity index (χ4n) is 3.14. The van der Waals surface area contributed by atoms with Gasteiger partial charge in [0.15, 0.2) is 0 Å². The van der Waals surface area contributed by atoms with Crippen molar-refractivity contribution in [3.05, 3.63) is 96.1 Å². The Morgan fingerprint density at radius 3 is 2.03 bits per heavy atom. The van der Waals surface area contributed by atoms with E-state index in [0.717, 1.165) is 11.1 Å². The molecular formula is C23H17N3O3. The number of fused-ring (bicyclic) bond motifs is 1. The highest BCUT2D eigenvalue weighted by Crippen LogP contribution is 2.30. The van der Waals surface area contributed by atoms with Crippen LogP contribution in [0, 0.1) is 0 Å². The number of aromatic amines is 1. The number of para-hydroxylation sites is 1. The summed E-state index contributed by atoms with van der Waals surface area (Å²) in [6.07, 6.45) is 0. The van der Waals surface area contributed by atoms with Gasteiger partial charge in [-0.3, -0.25) is 25.2 Å². The molecule has 3 aromatic carbocycles. The standard InChI is InChI=1S/C23H17N3O3/c27-21(23(29)26-25-22(28)16-11-5-2-6-12-16)19-17-13-7-8-14-18(17)24-20(19)15-9-3-1-4-10-15/h1-14,24H,(H,25,28)(H,26,29). The van der Waals surface area contributed by atoms with Crippen molar-refractivity contribution in [2.24, 2.45) is 0 Å². The normalized spacial score (nSPS) is 10.5. The fraction of sp³-hybridized carbons (Fsp3) is 0. The molecule has 0 saturated heterocycles. The van der Waals surface area contributed by atoms with Crippen molar-refractivity contribution in [2.75, 3.05) is 0 Å². The van der Waals surface area contributed by atoms with Crippen LogP contribution in [0.15, 0.2) is 84.9 Å². The third-order valence-corrected chi connectivity index (χ3v) is 4.53. The van der Waals surface area contributed by atoms with Crippen molar-refractivity contribution in [1.82, 2.24) is 15.8 Å². The van der Waals surface area contributed by atoms with Gasteiger partial charge in [-0.25, -0.2) is 0 Å². The molecule has 0 aliphatic carbocycles. The summed E-state index contributed by atoms with van der Waals surface area (Å²) >= 11 is 0. The molecule has 4 aromatic rings. The quantitative estimate of drug-likeness (QED) is 0.286. The van der Waals surface area contributed by atoms with Gasteiger partial charge in [-0.15, -0.1) is 0 Å². The van der Waals surface area contributed by atoms with Gasteiger partial charge >= 0.3 is 5.91 Å². The largest absolute Gasteiger partial charge is 0.354 e. The number of carbonyl (C=O) groups is 3. The molecule has 142 valence electrons. The summed E-state index contributed by atoms with van der Waals surface area (Å²) in [5, 5.41) is 0.640. The van der Waals surface area contributed by atoms with Crippen LogP contribution in [-0.2, 0) is 4.79 Å². The molecule has 0 aliphatic heterocycles. The summed E-state index contributed by atoms with van der Waals surface area (Å²) in [6.45, 7) is 0. The van der Waals surface area contributed by atoms with Crippen molar-refractivity contribution in [3.8, 4) is 11.3 Å². The maximum absolute atomic E-state index is 13.0. The first-order valence-electron chi connectivity index (χ1n) is 9.01. The summed E-state index contributed by atoms with van der Waals surface area (Å²) < 4.78 is 0. The number of amides is 2. The van der Waals surface area contributed by atoms with Crippen LogP contribution in [-0.4, -0.2) is 22.6 Å². The predicted molar refractivity (Wildman–Crippen MR) is 110 cm³/mol. The lowest BCUT2D eigenvalue weighted by molar-refractivity contribution is -0.117. The highest BCUT2D eigenvalue weighted by Gasteiger charge is 2.25. The molecule has 6 heteroatoms. The van der Waals surface area contributed by atoms with Crippen molar-refractivity contribution in [3.63, 3.8) is 0 Å². The van der Waals surface area contributed by atoms with Crippen molar-refractivity contribution >= 4 is 28.5 Å². The van der Waals surface area contributed by atoms with E-state index in [1.807, 2.05) is 42.5 Å². The number of rotatable bonds is 4. The summed E-state index contributed by atoms with van der Waals surface area (Å²) in [6, 6.07) is 25.0. The first-order chi connectivity index (χ1) is 14.1. The smallest absolute Gasteiger partial charge is 0.310 e. The lowest BCUT2D eigenvalue weighted by Crippen LogP contribution is -2.44. The molecule has 3 N–H and O–H groups in total. The van der Waals surface area contributed by atoms with E-state index < -0.39 is 17.6 Å². The number of hydrogen-bond donors (Lipinski definition) is 3. The molecule has 6 nitrogen and oxygen atoms in total.